The van der Waals surface area contributed by atoms with E-state index in [2.05, 4.69) is 37.0 Å². The number of ether oxygens (including phenoxy) is 1. The molecule has 0 radical (unpaired) electrons. The average molecular weight is 347 g/mol. The van der Waals surface area contributed by atoms with Gasteiger partial charge in [0.15, 0.2) is 0 Å². The Morgan fingerprint density at radius 3 is 2.81 bits per heavy atom. The lowest BCUT2D eigenvalue weighted by Crippen LogP contribution is -1.85. The number of methoxy groups -OCH3 is 1. The number of hydrogen-bond donors (Lipinski definition) is 0. The molecule has 0 aliphatic heterocycles. The summed E-state index contributed by atoms with van der Waals surface area (Å²) in [6.07, 6.45) is 0. The van der Waals surface area contributed by atoms with Gasteiger partial charge < -0.3 is 9.26 Å². The highest BCUT2D eigenvalue weighted by Crippen LogP contribution is 2.31. The van der Waals surface area contributed by atoms with Crippen LogP contribution in [0.1, 0.15) is 5.76 Å². The molecule has 3 nitrogen and oxygen atoms in total. The highest BCUT2D eigenvalue weighted by atomic mass is 79.9. The largest absolute Gasteiger partial charge is 0.497 e. The number of hydrogen-bond acceptors (Lipinski definition) is 3. The van der Waals surface area contributed by atoms with Crippen molar-refractivity contribution in [1.82, 2.24) is 5.16 Å². The Kier molecular flexibility index (Phi) is 3.66. The molecular weight excluding hydrogens is 338 g/mol. The second-order valence-corrected chi connectivity index (χ2v) is 4.57. The predicted molar refractivity (Wildman–Crippen MR) is 68.8 cm³/mol. The Balaban J connectivity index is 2.45. The summed E-state index contributed by atoms with van der Waals surface area (Å²) in [5.41, 5.74) is 1.75. The molecule has 0 aliphatic carbocycles. The van der Waals surface area contributed by atoms with Crippen LogP contribution in [0.15, 0.2) is 33.3 Å². The van der Waals surface area contributed by atoms with E-state index in [1.54, 1.807) is 7.11 Å². The Hall–Kier alpha value is -0.810. The first-order valence-corrected chi connectivity index (χ1v) is 6.51. The summed E-state index contributed by atoms with van der Waals surface area (Å²) in [5, 5.41) is 4.66. The third-order valence-electron chi connectivity index (χ3n) is 2.14. The van der Waals surface area contributed by atoms with E-state index in [0.29, 0.717) is 5.33 Å². The summed E-state index contributed by atoms with van der Waals surface area (Å²) in [7, 11) is 1.64. The van der Waals surface area contributed by atoms with E-state index in [9.17, 15) is 0 Å². The Labute approximate surface area is 110 Å². The molecule has 0 saturated heterocycles. The summed E-state index contributed by atoms with van der Waals surface area (Å²) in [6.45, 7) is 0. The normalized spacial score (nSPS) is 10.4. The molecule has 0 atom stereocenters. The summed E-state index contributed by atoms with van der Waals surface area (Å²) in [6, 6.07) is 7.63. The van der Waals surface area contributed by atoms with Crippen molar-refractivity contribution in [3.05, 3.63) is 34.5 Å². The minimum absolute atomic E-state index is 0.654. The van der Waals surface area contributed by atoms with Crippen molar-refractivity contribution in [2.24, 2.45) is 0 Å². The van der Waals surface area contributed by atoms with Crippen molar-refractivity contribution in [1.29, 1.82) is 0 Å². The molecule has 1 aromatic carbocycles. The molecule has 0 unspecified atom stereocenters. The van der Waals surface area contributed by atoms with E-state index in [0.717, 1.165) is 27.2 Å². The predicted octanol–water partition coefficient (Wildman–Crippen LogP) is 4.01. The smallest absolute Gasteiger partial charge is 0.147 e. The molecule has 16 heavy (non-hydrogen) atoms. The fourth-order valence-electron chi connectivity index (χ4n) is 1.33. The van der Waals surface area contributed by atoms with Gasteiger partial charge in [0.25, 0.3) is 0 Å². The molecule has 5 heteroatoms. The number of halogens is 2. The van der Waals surface area contributed by atoms with Gasteiger partial charge in [0.05, 0.1) is 12.4 Å². The number of aromatic nitrogens is 1. The standard InChI is InChI=1S/C11H9Br2NO2/c1-15-7-2-3-10(13)9(4-7)11-5-8(6-12)16-14-11/h2-5H,6H2,1H3. The van der Waals surface area contributed by atoms with Crippen molar-refractivity contribution in [3.63, 3.8) is 0 Å². The lowest BCUT2D eigenvalue weighted by atomic mass is 10.1. The zero-order chi connectivity index (χ0) is 11.5. The zero-order valence-electron chi connectivity index (χ0n) is 8.54. The highest BCUT2D eigenvalue weighted by molar-refractivity contribution is 9.10. The number of rotatable bonds is 3. The van der Waals surface area contributed by atoms with Crippen LogP contribution in [0.5, 0.6) is 5.75 Å². The van der Waals surface area contributed by atoms with Crippen molar-refractivity contribution < 1.29 is 9.26 Å². The van der Waals surface area contributed by atoms with Gasteiger partial charge in [-0.25, -0.2) is 0 Å². The molecule has 1 aromatic heterocycles. The number of benzene rings is 1. The van der Waals surface area contributed by atoms with E-state index >= 15 is 0 Å². The maximum Gasteiger partial charge on any atom is 0.147 e. The molecule has 0 saturated carbocycles. The van der Waals surface area contributed by atoms with Crippen LogP contribution in [0.25, 0.3) is 11.3 Å². The first-order valence-electron chi connectivity index (χ1n) is 4.60. The second-order valence-electron chi connectivity index (χ2n) is 3.16. The SMILES string of the molecule is COc1ccc(Br)c(-c2cc(CBr)on2)c1. The third kappa shape index (κ3) is 2.30. The van der Waals surface area contributed by atoms with Crippen LogP contribution in [-0.2, 0) is 5.33 Å². The van der Waals surface area contributed by atoms with Crippen molar-refractivity contribution in [2.45, 2.75) is 5.33 Å². The topological polar surface area (TPSA) is 35.3 Å². The Bertz CT molecular complexity index is 496. The minimum atomic E-state index is 0.654. The average Bonchev–Trinajstić information content (AvgIpc) is 2.78. The Morgan fingerprint density at radius 2 is 2.19 bits per heavy atom. The quantitative estimate of drug-likeness (QED) is 0.788. The van der Waals surface area contributed by atoms with Crippen LogP contribution < -0.4 is 4.74 Å². The van der Waals surface area contributed by atoms with E-state index in [-0.39, 0.29) is 0 Å². The molecule has 2 rings (SSSR count). The van der Waals surface area contributed by atoms with Crippen molar-refractivity contribution in [3.8, 4) is 17.0 Å². The van der Waals surface area contributed by atoms with Crippen LogP contribution in [0.4, 0.5) is 0 Å². The maximum atomic E-state index is 5.18. The van der Waals surface area contributed by atoms with Crippen LogP contribution in [0.3, 0.4) is 0 Å². The lowest BCUT2D eigenvalue weighted by Gasteiger charge is -2.03. The van der Waals surface area contributed by atoms with E-state index in [4.69, 9.17) is 9.26 Å². The minimum Gasteiger partial charge on any atom is -0.497 e. The number of alkyl halides is 1. The van der Waals surface area contributed by atoms with Crippen LogP contribution in [-0.4, -0.2) is 12.3 Å². The molecule has 0 fully saturated rings. The van der Waals surface area contributed by atoms with Gasteiger partial charge >= 0.3 is 0 Å². The van der Waals surface area contributed by atoms with E-state index in [1.165, 1.54) is 0 Å². The van der Waals surface area contributed by atoms with E-state index in [1.807, 2.05) is 24.3 Å². The zero-order valence-corrected chi connectivity index (χ0v) is 11.7. The van der Waals surface area contributed by atoms with Gasteiger partial charge in [0.1, 0.15) is 17.2 Å². The fraction of sp³-hybridized carbons (Fsp3) is 0.182. The van der Waals surface area contributed by atoms with E-state index < -0.39 is 0 Å². The van der Waals surface area contributed by atoms with Gasteiger partial charge in [0, 0.05) is 16.1 Å². The summed E-state index contributed by atoms with van der Waals surface area (Å²) >= 11 is 6.80. The lowest BCUT2D eigenvalue weighted by molar-refractivity contribution is 0.397. The molecule has 2 aromatic rings. The molecule has 84 valence electrons. The van der Waals surface area contributed by atoms with Gasteiger partial charge in [-0.3, -0.25) is 0 Å². The van der Waals surface area contributed by atoms with Crippen LogP contribution in [0.2, 0.25) is 0 Å². The fourth-order valence-corrected chi connectivity index (χ4v) is 2.04. The van der Waals surface area contributed by atoms with Gasteiger partial charge in [-0.05, 0) is 18.2 Å². The van der Waals surface area contributed by atoms with Crippen LogP contribution in [0, 0.1) is 0 Å². The van der Waals surface area contributed by atoms with Gasteiger partial charge in [-0.15, -0.1) is 0 Å². The molecule has 0 spiro atoms. The summed E-state index contributed by atoms with van der Waals surface area (Å²) in [5.74, 6) is 1.59. The molecule has 0 aliphatic rings. The van der Waals surface area contributed by atoms with Gasteiger partial charge in [0.2, 0.25) is 0 Å². The Morgan fingerprint density at radius 1 is 1.38 bits per heavy atom. The number of nitrogens with zero attached hydrogens (tertiary/aromatic N) is 1. The van der Waals surface area contributed by atoms with Gasteiger partial charge in [-0.2, -0.15) is 0 Å². The second kappa shape index (κ2) is 5.01. The van der Waals surface area contributed by atoms with Gasteiger partial charge in [-0.1, -0.05) is 37.0 Å². The molecule has 0 N–H and O–H groups in total. The summed E-state index contributed by atoms with van der Waals surface area (Å²) in [4.78, 5) is 0. The monoisotopic (exact) mass is 345 g/mol. The van der Waals surface area contributed by atoms with Crippen molar-refractivity contribution >= 4 is 31.9 Å². The third-order valence-corrected chi connectivity index (χ3v) is 3.38. The highest BCUT2D eigenvalue weighted by Gasteiger charge is 2.10. The summed E-state index contributed by atoms with van der Waals surface area (Å²) < 4.78 is 11.3. The van der Waals surface area contributed by atoms with Crippen LogP contribution >= 0.6 is 31.9 Å². The maximum absolute atomic E-state index is 5.18. The molecule has 1 heterocycles. The van der Waals surface area contributed by atoms with Crippen molar-refractivity contribution in [2.75, 3.05) is 7.11 Å². The molecule has 0 bridgehead atoms. The molecular formula is C11H9Br2NO2. The first-order chi connectivity index (χ1) is 7.74. The first kappa shape index (κ1) is 11.7. The molecule has 0 amide bonds.